The molecule has 1 aliphatic rings. The third kappa shape index (κ3) is 20.3. The van der Waals surface area contributed by atoms with E-state index in [9.17, 15) is 4.89 Å². The smallest absolute Gasteiger partial charge is 0.252 e. The minimum absolute atomic E-state index is 0.299. The van der Waals surface area contributed by atoms with E-state index in [0.717, 1.165) is 57.8 Å². The van der Waals surface area contributed by atoms with Crippen molar-refractivity contribution in [3.63, 3.8) is 0 Å². The van der Waals surface area contributed by atoms with Gasteiger partial charge in [-0.1, -0.05) is 69.9 Å². The third-order valence-corrected chi connectivity index (χ3v) is 10.5. The first kappa shape index (κ1) is 42.3. The van der Waals surface area contributed by atoms with Gasteiger partial charge in [-0.2, -0.15) is 5.09 Å². The number of nitrogens with zero attached hydrogens (tertiary/aromatic N) is 1. The molecule has 1 N–H and O–H groups in total. The fourth-order valence-corrected chi connectivity index (χ4v) is 7.68. The predicted molar refractivity (Wildman–Crippen MR) is 198 cm³/mol. The first-order chi connectivity index (χ1) is 21.5. The number of hydrogen-bond acceptors (Lipinski definition) is 5. The summed E-state index contributed by atoms with van der Waals surface area (Å²) >= 11 is 11.8. The summed E-state index contributed by atoms with van der Waals surface area (Å²) in [6.07, 6.45) is 25.7. The third-order valence-electron chi connectivity index (χ3n) is 7.86. The summed E-state index contributed by atoms with van der Waals surface area (Å²) in [5.41, 5.74) is 8.50. The average Bonchev–Trinajstić information content (AvgIpc) is 2.98. The maximum absolute atomic E-state index is 13.3. The zero-order valence-corrected chi connectivity index (χ0v) is 31.8. The lowest BCUT2D eigenvalue weighted by molar-refractivity contribution is -0.229. The summed E-state index contributed by atoms with van der Waals surface area (Å²) in [6.45, 7) is 17.1. The average molecular weight is 686 g/mol. The Morgan fingerprint density at radius 3 is 1.67 bits per heavy atom. The van der Waals surface area contributed by atoms with Gasteiger partial charge in [0.05, 0.1) is 19.8 Å². The lowest BCUT2D eigenvalue weighted by Gasteiger charge is -2.44. The van der Waals surface area contributed by atoms with Crippen LogP contribution in [-0.2, 0) is 9.26 Å². The number of nitrogens with one attached hydrogen (secondary N) is 1. The molecule has 0 aromatic rings. The highest BCUT2D eigenvalue weighted by atomic mass is 35.5. The van der Waals surface area contributed by atoms with E-state index in [-0.39, 0.29) is 6.23 Å². The first-order valence-corrected chi connectivity index (χ1v) is 19.6. The Balaban J connectivity index is 2.34. The highest BCUT2D eigenvalue weighted by Gasteiger charge is 2.45. The quantitative estimate of drug-likeness (QED) is 0.0502. The number of rotatable bonds is 23. The molecule has 0 radical (unpaired) electrons. The number of unbranched alkanes of at least 4 members (excludes halogenated alkanes) is 1. The van der Waals surface area contributed by atoms with Crippen molar-refractivity contribution in [3.8, 4) is 0 Å². The molecule has 258 valence electrons. The summed E-state index contributed by atoms with van der Waals surface area (Å²) in [4.78, 5) is 13.3. The molecule has 0 aromatic heterocycles. The van der Waals surface area contributed by atoms with Crippen molar-refractivity contribution in [1.82, 2.24) is 9.76 Å². The van der Waals surface area contributed by atoms with E-state index in [1.807, 2.05) is 0 Å². The largest absolute Gasteiger partial charge is 0.626 e. The zero-order chi connectivity index (χ0) is 33.5. The van der Waals surface area contributed by atoms with Gasteiger partial charge in [0, 0.05) is 24.7 Å². The van der Waals surface area contributed by atoms with E-state index in [1.54, 1.807) is 4.67 Å². The molecule has 0 aliphatic carbocycles. The Morgan fingerprint density at radius 1 is 0.733 bits per heavy atom. The summed E-state index contributed by atoms with van der Waals surface area (Å²) in [5, 5.41) is 2.96. The Labute approximate surface area is 287 Å². The van der Waals surface area contributed by atoms with Crippen molar-refractivity contribution in [2.24, 2.45) is 0 Å². The predicted octanol–water partition coefficient (Wildman–Crippen LogP) is 10.8. The lowest BCUT2D eigenvalue weighted by atomic mass is 10.0. The van der Waals surface area contributed by atoms with E-state index in [1.165, 1.54) is 39.9 Å². The minimum atomic E-state index is -3.20. The normalized spacial score (nSPS) is 21.0. The lowest BCUT2D eigenvalue weighted by Crippen LogP contribution is -2.52. The van der Waals surface area contributed by atoms with Gasteiger partial charge in [0.1, 0.15) is 6.23 Å². The van der Waals surface area contributed by atoms with E-state index in [0.29, 0.717) is 44.5 Å². The molecule has 1 fully saturated rings. The second-order valence-corrected chi connectivity index (χ2v) is 15.5. The zero-order valence-electron chi connectivity index (χ0n) is 29.4. The highest BCUT2D eigenvalue weighted by Crippen LogP contribution is 2.55. The van der Waals surface area contributed by atoms with Crippen LogP contribution in [0.5, 0.6) is 0 Å². The number of ether oxygens (including phenoxy) is 1. The van der Waals surface area contributed by atoms with Crippen LogP contribution in [-0.4, -0.2) is 49.0 Å². The standard InChI is InChI=1S/C37H63Cl2N2O3P/c1-31(2)14-10-17-34(5)20-11-18-32(3)15-8-9-16-33(4)19-12-21-35(6)22-13-23-36(7)30-43-37-24-29-44-45(42,40-27-25-38)41(37)28-26-39/h14-16,20-21,23,37H,8-13,17-19,22,24-30H2,1-7H3,(H,40,42)/b32-15+,33-16+,34-20+,35-21+,36-23+. The van der Waals surface area contributed by atoms with Gasteiger partial charge in [-0.05, 0) is 113 Å². The van der Waals surface area contributed by atoms with Gasteiger partial charge in [-0.15, -0.1) is 27.9 Å². The SMILES string of the molecule is CC(C)=CCC/C(C)=C/CC/C(C)=C/CC/C=C(\C)CC/C=C(\C)CC/C=C(\C)COC1CCO[P+]([O-])(NCCCl)N1CCCl. The molecule has 45 heavy (non-hydrogen) atoms. The van der Waals surface area contributed by atoms with Crippen LogP contribution in [0.15, 0.2) is 69.9 Å². The number of alkyl halides is 2. The molecule has 0 amide bonds. The van der Waals surface area contributed by atoms with Crippen molar-refractivity contribution in [2.75, 3.05) is 38.1 Å². The second kappa shape index (κ2) is 25.3. The molecule has 1 rings (SSSR count). The van der Waals surface area contributed by atoms with Gasteiger partial charge in [0.2, 0.25) is 0 Å². The maximum Gasteiger partial charge on any atom is 0.252 e. The van der Waals surface area contributed by atoms with Crippen LogP contribution in [0.2, 0.25) is 0 Å². The van der Waals surface area contributed by atoms with Crippen LogP contribution < -0.4 is 9.98 Å². The maximum atomic E-state index is 13.3. The minimum Gasteiger partial charge on any atom is -0.626 e. The van der Waals surface area contributed by atoms with Gasteiger partial charge in [-0.25, -0.2) is 4.52 Å². The number of allylic oxidation sites excluding steroid dienone is 11. The topological polar surface area (TPSA) is 56.8 Å². The Bertz CT molecular complexity index is 1020. The van der Waals surface area contributed by atoms with Crippen LogP contribution in [0.1, 0.15) is 119 Å². The fourth-order valence-electron chi connectivity index (χ4n) is 5.10. The van der Waals surface area contributed by atoms with E-state index in [4.69, 9.17) is 32.5 Å². The van der Waals surface area contributed by atoms with Gasteiger partial charge in [-0.3, -0.25) is 0 Å². The first-order valence-electron chi connectivity index (χ1n) is 16.9. The summed E-state index contributed by atoms with van der Waals surface area (Å²) < 4.78 is 13.5. The van der Waals surface area contributed by atoms with Gasteiger partial charge in [0.15, 0.2) is 0 Å². The van der Waals surface area contributed by atoms with Gasteiger partial charge in [0.25, 0.3) is 8.02 Å². The summed E-state index contributed by atoms with van der Waals surface area (Å²) in [5.74, 6) is 0.700. The van der Waals surface area contributed by atoms with Crippen LogP contribution in [0.4, 0.5) is 0 Å². The molecule has 1 saturated heterocycles. The van der Waals surface area contributed by atoms with Crippen molar-refractivity contribution in [1.29, 1.82) is 0 Å². The fraction of sp³-hybridized carbons (Fsp3) is 0.676. The van der Waals surface area contributed by atoms with Crippen molar-refractivity contribution in [2.45, 2.75) is 125 Å². The molecule has 1 heterocycles. The molecule has 1 aliphatic heterocycles. The molecule has 5 nitrogen and oxygen atoms in total. The number of hydrogen-bond donors (Lipinski definition) is 1. The second-order valence-electron chi connectivity index (χ2n) is 12.6. The van der Waals surface area contributed by atoms with Crippen LogP contribution >= 0.6 is 31.2 Å². The van der Waals surface area contributed by atoms with Crippen molar-refractivity contribution in [3.05, 3.63) is 69.9 Å². The van der Waals surface area contributed by atoms with Crippen LogP contribution in [0.3, 0.4) is 0 Å². The van der Waals surface area contributed by atoms with Crippen LogP contribution in [0.25, 0.3) is 0 Å². The Morgan fingerprint density at radius 2 is 1.20 bits per heavy atom. The molecular formula is C37H63Cl2N2O3P. The Kier molecular flexibility index (Phi) is 23.8. The van der Waals surface area contributed by atoms with Gasteiger partial charge < -0.3 is 9.63 Å². The molecule has 0 aromatic carbocycles. The van der Waals surface area contributed by atoms with Gasteiger partial charge >= 0.3 is 0 Å². The highest BCUT2D eigenvalue weighted by molar-refractivity contribution is 7.59. The summed E-state index contributed by atoms with van der Waals surface area (Å²) in [6, 6.07) is 0. The van der Waals surface area contributed by atoms with E-state index in [2.05, 4.69) is 90.0 Å². The molecule has 8 heteroatoms. The molecule has 0 saturated carbocycles. The van der Waals surface area contributed by atoms with Crippen molar-refractivity contribution < 1.29 is 14.2 Å². The van der Waals surface area contributed by atoms with E-state index < -0.39 is 8.02 Å². The molecule has 0 spiro atoms. The van der Waals surface area contributed by atoms with Crippen LogP contribution in [0, 0.1) is 0 Å². The summed E-state index contributed by atoms with van der Waals surface area (Å²) in [7, 11) is -3.20. The van der Waals surface area contributed by atoms with Crippen molar-refractivity contribution >= 4 is 31.2 Å². The number of halogens is 2. The van der Waals surface area contributed by atoms with E-state index >= 15 is 0 Å². The molecule has 2 unspecified atom stereocenters. The Hall–Kier alpha value is -0.750. The molecule has 0 bridgehead atoms. The monoisotopic (exact) mass is 684 g/mol. The molecule has 2 atom stereocenters. The molecular weight excluding hydrogens is 622 g/mol.